The van der Waals surface area contributed by atoms with Crippen LogP contribution in [-0.2, 0) is 50.2 Å². The first kappa shape index (κ1) is 61.7. The number of carboxylic acid groups (broad SMARTS) is 3. The van der Waals surface area contributed by atoms with Crippen LogP contribution in [0.3, 0.4) is 0 Å². The van der Waals surface area contributed by atoms with E-state index >= 15 is 0 Å². The van der Waals surface area contributed by atoms with Gasteiger partial charge in [-0.3, -0.25) is 57.7 Å². The predicted molar refractivity (Wildman–Crippen MR) is 295 cm³/mol. The standard InChI is InChI=1S/C52H64Cl2N10O16S/c1-52(2)31-79-18-17-63(52)51(74)48-39-29-80-42-24-41(78-3)37(23-38(42)49(39)64(58-48)36-21-33(53)20-34(54)22-36)32-5-4-6-35(19-32)56-43(65)7-8-55-50(73)40(30-81(75,76)77)57-44(66)25-59-9-11-60(26-45(67)68)13-15-62(28-47(71)72)16-14-61(12-10-59)27-46(69)70/h4-6,19-24,40H,7-18,25-31H2,1-3H3,(H,55,73)(H,56,65)(H,57,66)(H,67,68)(H,69,70)(H,71,72)(H,75,76,77)/t40-/m0/s1. The molecule has 7 rings (SSSR count). The molecule has 81 heavy (non-hydrogen) atoms. The first-order chi connectivity index (χ1) is 38.4. The van der Waals surface area contributed by atoms with Crippen molar-refractivity contribution >= 4 is 80.5 Å². The molecule has 1 atom stereocenters. The smallest absolute Gasteiger partial charge is 0.317 e. The van der Waals surface area contributed by atoms with Crippen molar-refractivity contribution < 1.29 is 76.1 Å². The quantitative estimate of drug-likeness (QED) is 0.0622. The highest BCUT2D eigenvalue weighted by atomic mass is 35.5. The summed E-state index contributed by atoms with van der Waals surface area (Å²) in [4.78, 5) is 97.7. The topological polar surface area (TPSA) is 332 Å². The lowest BCUT2D eigenvalue weighted by Gasteiger charge is -2.41. The summed E-state index contributed by atoms with van der Waals surface area (Å²) in [5, 5.41) is 41.7. The average Bonchev–Trinajstić information content (AvgIpc) is 4.04. The van der Waals surface area contributed by atoms with E-state index in [1.54, 1.807) is 77.7 Å². The van der Waals surface area contributed by atoms with E-state index in [0.29, 0.717) is 80.6 Å². The van der Waals surface area contributed by atoms with E-state index < -0.39 is 82.7 Å². The lowest BCUT2D eigenvalue weighted by molar-refractivity contribution is -0.140. The van der Waals surface area contributed by atoms with E-state index in [-0.39, 0.29) is 90.1 Å². The Morgan fingerprint density at radius 3 is 1.89 bits per heavy atom. The van der Waals surface area contributed by atoms with Gasteiger partial charge in [-0.25, -0.2) is 4.68 Å². The maximum absolute atomic E-state index is 14.4. The number of carbonyl (C=O) groups excluding carboxylic acids is 4. The molecule has 0 unspecified atom stereocenters. The molecule has 26 nitrogen and oxygen atoms in total. The van der Waals surface area contributed by atoms with Crippen molar-refractivity contribution in [2.75, 3.05) is 123 Å². The summed E-state index contributed by atoms with van der Waals surface area (Å²) in [5.41, 5.74) is 3.16. The Morgan fingerprint density at radius 1 is 0.765 bits per heavy atom. The zero-order valence-corrected chi connectivity index (χ0v) is 47.0. The second-order valence-electron chi connectivity index (χ2n) is 20.2. The Bertz CT molecular complexity index is 3090. The number of carbonyl (C=O) groups is 7. The molecule has 29 heteroatoms. The second kappa shape index (κ2) is 27.2. The van der Waals surface area contributed by atoms with Gasteiger partial charge in [-0.05, 0) is 55.8 Å². The van der Waals surface area contributed by atoms with Crippen LogP contribution in [0.2, 0.25) is 10.0 Å². The third-order valence-corrected chi connectivity index (χ3v) is 14.8. The van der Waals surface area contributed by atoms with Gasteiger partial charge in [0.1, 0.15) is 29.9 Å². The molecule has 3 aliphatic heterocycles. The number of rotatable bonds is 20. The number of ether oxygens (including phenoxy) is 3. The number of carboxylic acids is 3. The van der Waals surface area contributed by atoms with Crippen molar-refractivity contribution in [2.24, 2.45) is 0 Å². The molecule has 438 valence electrons. The fourth-order valence-electron chi connectivity index (χ4n) is 9.69. The number of halogens is 2. The predicted octanol–water partition coefficient (Wildman–Crippen LogP) is 1.96. The maximum Gasteiger partial charge on any atom is 0.317 e. The number of nitrogens with zero attached hydrogens (tertiary/aromatic N) is 7. The monoisotopic (exact) mass is 1190 g/mol. The van der Waals surface area contributed by atoms with Crippen molar-refractivity contribution in [2.45, 2.75) is 38.5 Å². The molecule has 7 N–H and O–H groups in total. The van der Waals surface area contributed by atoms with Crippen molar-refractivity contribution in [3.63, 3.8) is 0 Å². The van der Waals surface area contributed by atoms with Crippen LogP contribution in [0.5, 0.6) is 11.5 Å². The molecule has 2 saturated heterocycles. The number of nitrogens with one attached hydrogen (secondary N) is 3. The molecule has 0 bridgehead atoms. The molecule has 4 aromatic rings. The van der Waals surface area contributed by atoms with Crippen LogP contribution >= 0.6 is 23.2 Å². The molecule has 0 radical (unpaired) electrons. The summed E-state index contributed by atoms with van der Waals surface area (Å²) in [7, 11) is -3.38. The van der Waals surface area contributed by atoms with E-state index in [1.165, 1.54) is 7.11 Å². The normalized spacial score (nSPS) is 17.0. The van der Waals surface area contributed by atoms with Gasteiger partial charge in [-0.2, -0.15) is 13.5 Å². The largest absolute Gasteiger partial charge is 0.496 e. The number of aromatic nitrogens is 2. The lowest BCUT2D eigenvalue weighted by Crippen LogP contribution is -2.55. The summed E-state index contributed by atoms with van der Waals surface area (Å²) < 4.78 is 53.4. The molecular weight excluding hydrogens is 1120 g/mol. The van der Waals surface area contributed by atoms with E-state index in [0.717, 1.165) is 0 Å². The van der Waals surface area contributed by atoms with Gasteiger partial charge >= 0.3 is 17.9 Å². The lowest BCUT2D eigenvalue weighted by atomic mass is 9.95. The van der Waals surface area contributed by atoms with Crippen LogP contribution in [0.1, 0.15) is 36.3 Å². The molecule has 2 fully saturated rings. The molecule has 0 spiro atoms. The van der Waals surface area contributed by atoms with Crippen molar-refractivity contribution in [3.8, 4) is 39.6 Å². The minimum absolute atomic E-state index is 0.00169. The number of hydrogen-bond donors (Lipinski definition) is 7. The first-order valence-electron chi connectivity index (χ1n) is 25.7. The van der Waals surface area contributed by atoms with Crippen LogP contribution in [-0.4, -0.2) is 233 Å². The molecule has 4 amide bonds. The number of methoxy groups -OCH3 is 1. The molecule has 0 aliphatic carbocycles. The van der Waals surface area contributed by atoms with Crippen molar-refractivity contribution in [1.29, 1.82) is 0 Å². The molecular formula is C52H64Cl2N10O16S. The zero-order chi connectivity index (χ0) is 58.8. The Labute approximate surface area is 476 Å². The van der Waals surface area contributed by atoms with Gasteiger partial charge in [-0.15, -0.1) is 0 Å². The number of fused-ring (bicyclic) bond motifs is 3. The van der Waals surface area contributed by atoms with Gasteiger partial charge in [0.05, 0.1) is 63.4 Å². The number of amides is 4. The Hall–Kier alpha value is -6.95. The van der Waals surface area contributed by atoms with Crippen LogP contribution in [0.15, 0.2) is 54.6 Å². The van der Waals surface area contributed by atoms with Crippen LogP contribution < -0.4 is 25.4 Å². The van der Waals surface area contributed by atoms with Gasteiger partial charge in [0.25, 0.3) is 16.0 Å². The number of morpholine rings is 1. The third kappa shape index (κ3) is 17.1. The van der Waals surface area contributed by atoms with E-state index in [4.69, 9.17) is 42.5 Å². The summed E-state index contributed by atoms with van der Waals surface area (Å²) >= 11 is 13.0. The zero-order valence-electron chi connectivity index (χ0n) is 44.7. The first-order valence-corrected chi connectivity index (χ1v) is 28.0. The van der Waals surface area contributed by atoms with Gasteiger partial charge in [0, 0.05) is 110 Å². The van der Waals surface area contributed by atoms with Crippen molar-refractivity contribution in [1.82, 2.24) is 44.9 Å². The van der Waals surface area contributed by atoms with Gasteiger partial charge in [0.2, 0.25) is 17.7 Å². The minimum Gasteiger partial charge on any atom is -0.496 e. The highest BCUT2D eigenvalue weighted by Crippen LogP contribution is 2.47. The number of anilines is 1. The Balaban J connectivity index is 1.04. The number of hydrogen-bond acceptors (Lipinski definition) is 17. The number of aliphatic carboxylic acids is 3. The van der Waals surface area contributed by atoms with E-state index in [2.05, 4.69) is 16.0 Å². The minimum atomic E-state index is -4.87. The second-order valence-corrected chi connectivity index (χ2v) is 22.6. The van der Waals surface area contributed by atoms with Crippen LogP contribution in [0, 0.1) is 0 Å². The molecule has 4 heterocycles. The van der Waals surface area contributed by atoms with Crippen LogP contribution in [0.25, 0.3) is 28.1 Å². The molecule has 1 aromatic heterocycles. The number of benzene rings is 3. The van der Waals surface area contributed by atoms with Gasteiger partial charge in [0.15, 0.2) is 5.69 Å². The van der Waals surface area contributed by atoms with Crippen LogP contribution in [0.4, 0.5) is 5.69 Å². The molecule has 0 saturated carbocycles. The average molecular weight is 1190 g/mol. The summed E-state index contributed by atoms with van der Waals surface area (Å²) in [6.45, 7) is 3.69. The molecule has 3 aromatic carbocycles. The van der Waals surface area contributed by atoms with Gasteiger partial charge in [-0.1, -0.05) is 35.3 Å². The van der Waals surface area contributed by atoms with E-state index in [1.807, 2.05) is 19.9 Å². The summed E-state index contributed by atoms with van der Waals surface area (Å²) in [5.74, 6) is -6.58. The highest BCUT2D eigenvalue weighted by molar-refractivity contribution is 7.85. The highest BCUT2D eigenvalue weighted by Gasteiger charge is 2.40. The fourth-order valence-corrected chi connectivity index (χ4v) is 10.9. The Kier molecular flexibility index (Phi) is 20.7. The molecule has 3 aliphatic rings. The van der Waals surface area contributed by atoms with Gasteiger partial charge < -0.3 is 50.4 Å². The fraction of sp³-hybridized carbons (Fsp3) is 0.462. The third-order valence-electron chi connectivity index (χ3n) is 13.6. The summed E-state index contributed by atoms with van der Waals surface area (Å²) in [6, 6.07) is 13.5. The summed E-state index contributed by atoms with van der Waals surface area (Å²) in [6.07, 6.45) is -0.327. The maximum atomic E-state index is 14.4. The SMILES string of the molecule is COc1cc2c(cc1-c1cccc(NC(=O)CCNC(=O)[C@H](CS(=O)(=O)O)NC(=O)CN3CCN(CC(=O)O)CCN(CC(=O)O)CCN(CC(=O)O)CC3)c1)-c1c(c(C(=O)N3CCOCC3(C)C)nn1-c1cc(Cl)cc(Cl)c1)CO2. The van der Waals surface area contributed by atoms with E-state index in [9.17, 15) is 61.9 Å². The Morgan fingerprint density at radius 2 is 1.35 bits per heavy atom. The van der Waals surface area contributed by atoms with Crippen molar-refractivity contribution in [3.05, 3.63) is 75.9 Å².